The third-order valence-electron chi connectivity index (χ3n) is 7.52. The Bertz CT molecular complexity index is 1600. The number of aryl methyl sites for hydroxylation is 1. The minimum atomic E-state index is -0.627. The summed E-state index contributed by atoms with van der Waals surface area (Å²) >= 11 is 6.30. The average Bonchev–Trinajstić information content (AvgIpc) is 3.40. The molecule has 0 unspecified atom stereocenters. The summed E-state index contributed by atoms with van der Waals surface area (Å²) in [5.41, 5.74) is 1.48. The van der Waals surface area contributed by atoms with Crippen molar-refractivity contribution >= 4 is 29.2 Å². The zero-order chi connectivity index (χ0) is 31.2. The first-order valence-electron chi connectivity index (χ1n) is 14.1. The Balaban J connectivity index is 1.28. The molecule has 1 aromatic heterocycles. The van der Waals surface area contributed by atoms with E-state index in [0.29, 0.717) is 50.7 Å². The summed E-state index contributed by atoms with van der Waals surface area (Å²) in [5.74, 6) is -0.551. The number of hydrogen-bond donors (Lipinski definition) is 1. The van der Waals surface area contributed by atoms with E-state index >= 15 is 0 Å². The highest BCUT2D eigenvalue weighted by atomic mass is 35.5. The van der Waals surface area contributed by atoms with Crippen molar-refractivity contribution in [3.8, 4) is 17.0 Å². The summed E-state index contributed by atoms with van der Waals surface area (Å²) in [5, 5.41) is 6.99. The second-order valence-electron chi connectivity index (χ2n) is 10.4. The van der Waals surface area contributed by atoms with E-state index in [1.54, 1.807) is 60.2 Å². The molecule has 0 saturated carbocycles. The lowest BCUT2D eigenvalue weighted by Gasteiger charge is -2.36. The van der Waals surface area contributed by atoms with Gasteiger partial charge < -0.3 is 24.4 Å². The molecule has 9 nitrogen and oxygen atoms in total. The quantitative estimate of drug-likeness (QED) is 0.243. The van der Waals surface area contributed by atoms with Crippen molar-refractivity contribution in [2.24, 2.45) is 0 Å². The molecule has 0 radical (unpaired) electrons. The topological polar surface area (TPSA) is 91.2 Å². The number of methoxy groups -OCH3 is 1. The van der Waals surface area contributed by atoms with E-state index in [9.17, 15) is 18.4 Å². The van der Waals surface area contributed by atoms with Crippen molar-refractivity contribution in [1.82, 2.24) is 19.9 Å². The van der Waals surface area contributed by atoms with E-state index < -0.39 is 11.7 Å². The molecule has 0 atom stereocenters. The zero-order valence-electron chi connectivity index (χ0n) is 24.4. The van der Waals surface area contributed by atoms with Gasteiger partial charge in [-0.2, -0.15) is 0 Å². The van der Waals surface area contributed by atoms with E-state index in [2.05, 4.69) is 15.4 Å². The van der Waals surface area contributed by atoms with Crippen LogP contribution < -0.4 is 10.1 Å². The van der Waals surface area contributed by atoms with Gasteiger partial charge in [0.2, 0.25) is 0 Å². The smallest absolute Gasteiger partial charge is 0.321 e. The van der Waals surface area contributed by atoms with Crippen molar-refractivity contribution in [1.29, 1.82) is 0 Å². The average molecular weight is 624 g/mol. The molecule has 12 heteroatoms. The molecular formula is C32H32ClF2N5O4. The molecule has 1 N–H and O–H groups in total. The van der Waals surface area contributed by atoms with Crippen LogP contribution in [-0.2, 0) is 6.54 Å². The van der Waals surface area contributed by atoms with Gasteiger partial charge in [-0.15, -0.1) is 0 Å². The summed E-state index contributed by atoms with van der Waals surface area (Å²) in [7, 11) is 1.57. The van der Waals surface area contributed by atoms with E-state index in [0.717, 1.165) is 5.56 Å². The maximum Gasteiger partial charge on any atom is 0.321 e. The predicted molar refractivity (Wildman–Crippen MR) is 163 cm³/mol. The van der Waals surface area contributed by atoms with E-state index in [-0.39, 0.29) is 46.0 Å². The highest BCUT2D eigenvalue weighted by molar-refractivity contribution is 6.33. The number of ether oxygens (including phenoxy) is 1. The number of halogens is 3. The van der Waals surface area contributed by atoms with Crippen molar-refractivity contribution < 1.29 is 27.6 Å². The summed E-state index contributed by atoms with van der Waals surface area (Å²) in [6.07, 6.45) is 0. The van der Waals surface area contributed by atoms with Crippen LogP contribution in [0.25, 0.3) is 11.3 Å². The molecule has 1 fully saturated rings. The van der Waals surface area contributed by atoms with Crippen LogP contribution >= 0.6 is 11.6 Å². The van der Waals surface area contributed by atoms with Gasteiger partial charge in [-0.05, 0) is 48.9 Å². The molecule has 3 aromatic carbocycles. The number of hydrogen-bond acceptors (Lipinski definition) is 6. The van der Waals surface area contributed by atoms with Gasteiger partial charge in [0.1, 0.15) is 34.4 Å². The van der Waals surface area contributed by atoms with Crippen molar-refractivity contribution in [3.63, 3.8) is 0 Å². The molecule has 0 spiro atoms. The van der Waals surface area contributed by atoms with E-state index in [1.807, 2.05) is 0 Å². The fraction of sp³-hybridized carbons (Fsp3) is 0.281. The molecule has 230 valence electrons. The first kappa shape index (κ1) is 31.0. The Morgan fingerprint density at radius 1 is 1.05 bits per heavy atom. The van der Waals surface area contributed by atoms with E-state index in [1.165, 1.54) is 30.3 Å². The highest BCUT2D eigenvalue weighted by Crippen LogP contribution is 2.34. The standard InChI is InChI=1S/C32H32ClF2N5O4/c1-21-28(30(37-44-21)29-26(33)7-4-8-27(29)35)31(41)40(20-22-9-11-23(34)12-10-22)18-15-38-13-16-39(17-14-38)32(42)36-24-5-3-6-25(19-24)43-2/h3-12,19H,13-18,20H2,1-2H3,(H,36,42). The Kier molecular flexibility index (Phi) is 9.76. The lowest BCUT2D eigenvalue weighted by Crippen LogP contribution is -2.51. The molecule has 3 amide bonds. The van der Waals surface area contributed by atoms with Crippen molar-refractivity contribution in [2.75, 3.05) is 51.7 Å². The van der Waals surface area contributed by atoms with Gasteiger partial charge in [-0.25, -0.2) is 13.6 Å². The molecule has 1 saturated heterocycles. The van der Waals surface area contributed by atoms with Crippen LogP contribution in [0.15, 0.2) is 71.3 Å². The van der Waals surface area contributed by atoms with Gasteiger partial charge in [0.15, 0.2) is 0 Å². The SMILES string of the molecule is COc1cccc(NC(=O)N2CCN(CCN(Cc3ccc(F)cc3)C(=O)c3c(-c4c(F)cccc4Cl)noc3C)CC2)c1. The minimum absolute atomic E-state index is 0.0144. The van der Waals surface area contributed by atoms with Crippen LogP contribution in [0.4, 0.5) is 19.3 Å². The molecule has 5 rings (SSSR count). The van der Waals surface area contributed by atoms with Crippen LogP contribution in [0.2, 0.25) is 5.02 Å². The van der Waals surface area contributed by atoms with Crippen molar-refractivity contribution in [3.05, 3.63) is 100 Å². The van der Waals surface area contributed by atoms with Gasteiger partial charge in [-0.1, -0.05) is 41.0 Å². The Morgan fingerprint density at radius 2 is 1.77 bits per heavy atom. The predicted octanol–water partition coefficient (Wildman–Crippen LogP) is 6.08. The second-order valence-corrected chi connectivity index (χ2v) is 10.8. The first-order valence-corrected chi connectivity index (χ1v) is 14.5. The van der Waals surface area contributed by atoms with E-state index in [4.69, 9.17) is 20.9 Å². The number of carbonyl (C=O) groups excluding carboxylic acids is 2. The number of piperazine rings is 1. The summed E-state index contributed by atoms with van der Waals surface area (Å²) < 4.78 is 39.0. The first-order chi connectivity index (χ1) is 21.2. The lowest BCUT2D eigenvalue weighted by molar-refractivity contribution is 0.0703. The monoisotopic (exact) mass is 623 g/mol. The number of carbonyl (C=O) groups is 2. The maximum atomic E-state index is 14.8. The number of urea groups is 1. The number of benzene rings is 3. The van der Waals surface area contributed by atoms with Crippen LogP contribution in [0.1, 0.15) is 21.7 Å². The lowest BCUT2D eigenvalue weighted by atomic mass is 10.0. The zero-order valence-corrected chi connectivity index (χ0v) is 25.1. The molecule has 44 heavy (non-hydrogen) atoms. The van der Waals surface area contributed by atoms with Crippen LogP contribution in [-0.4, -0.2) is 78.2 Å². The van der Waals surface area contributed by atoms with Crippen LogP contribution in [0.3, 0.4) is 0 Å². The fourth-order valence-electron chi connectivity index (χ4n) is 5.08. The summed E-state index contributed by atoms with van der Waals surface area (Å²) in [4.78, 5) is 32.4. The number of nitrogens with zero attached hydrogens (tertiary/aromatic N) is 4. The van der Waals surface area contributed by atoms with Crippen LogP contribution in [0, 0.1) is 18.6 Å². The molecular weight excluding hydrogens is 592 g/mol. The number of rotatable bonds is 9. The second kappa shape index (κ2) is 13.9. The third-order valence-corrected chi connectivity index (χ3v) is 7.83. The summed E-state index contributed by atoms with van der Waals surface area (Å²) in [6.45, 7) is 4.80. The van der Waals surface area contributed by atoms with Gasteiger partial charge in [0, 0.05) is 57.6 Å². The number of aromatic nitrogens is 1. The largest absolute Gasteiger partial charge is 0.497 e. The molecule has 1 aliphatic heterocycles. The molecule has 2 heterocycles. The molecule has 1 aliphatic rings. The highest BCUT2D eigenvalue weighted by Gasteiger charge is 2.30. The maximum absolute atomic E-state index is 14.8. The Morgan fingerprint density at radius 3 is 2.48 bits per heavy atom. The minimum Gasteiger partial charge on any atom is -0.497 e. The van der Waals surface area contributed by atoms with Crippen LogP contribution in [0.5, 0.6) is 5.75 Å². The van der Waals surface area contributed by atoms with Gasteiger partial charge in [-0.3, -0.25) is 9.69 Å². The summed E-state index contributed by atoms with van der Waals surface area (Å²) in [6, 6.07) is 17.1. The molecule has 0 aliphatic carbocycles. The number of nitrogens with one attached hydrogen (secondary N) is 1. The van der Waals surface area contributed by atoms with Gasteiger partial charge in [0.05, 0.1) is 17.7 Å². The number of anilines is 1. The van der Waals surface area contributed by atoms with Crippen molar-refractivity contribution in [2.45, 2.75) is 13.5 Å². The number of amides is 3. The third kappa shape index (κ3) is 7.17. The van der Waals surface area contributed by atoms with Gasteiger partial charge in [0.25, 0.3) is 5.91 Å². The fourth-order valence-corrected chi connectivity index (χ4v) is 5.33. The Hall–Kier alpha value is -4.48. The molecule has 4 aromatic rings. The normalized spacial score (nSPS) is 13.5. The Labute approximate surface area is 258 Å². The van der Waals surface area contributed by atoms with Gasteiger partial charge >= 0.3 is 6.03 Å². The molecule has 0 bridgehead atoms.